The number of ether oxygens (including phenoxy) is 2. The molecule has 29 heavy (non-hydrogen) atoms. The van der Waals surface area contributed by atoms with Crippen molar-refractivity contribution < 1.29 is 14.6 Å². The van der Waals surface area contributed by atoms with Gasteiger partial charge in [-0.05, 0) is 29.8 Å². The van der Waals surface area contributed by atoms with E-state index in [2.05, 4.69) is 44.4 Å². The highest BCUT2D eigenvalue weighted by molar-refractivity contribution is 5.46. The van der Waals surface area contributed by atoms with E-state index in [0.717, 1.165) is 31.7 Å². The summed E-state index contributed by atoms with van der Waals surface area (Å²) in [7, 11) is 0. The molecule has 3 saturated heterocycles. The molecule has 2 N–H and O–H groups in total. The minimum absolute atomic E-state index is 0.112. The van der Waals surface area contributed by atoms with Crippen LogP contribution in [-0.2, 0) is 16.0 Å². The first-order valence-corrected chi connectivity index (χ1v) is 10.4. The molecule has 4 heterocycles. The molecule has 0 radical (unpaired) electrons. The minimum Gasteiger partial charge on any atom is -0.390 e. The number of benzene rings is 1. The second kappa shape index (κ2) is 8.38. The standard InChI is InChI=1S/C22H28N4O3/c27-21-19(24-14-16-6-8-23-9-7-16)18-15-28-22(29-18)20(21)26-12-10-25(11-13-26)17-4-2-1-3-5-17/h1-9,18-22,24,27H,10-15H2/t18-,19+,20-,21-,22+/m0/s1. The number of para-hydroxylation sites is 1. The first-order valence-electron chi connectivity index (χ1n) is 10.4. The highest BCUT2D eigenvalue weighted by Gasteiger charge is 2.52. The third kappa shape index (κ3) is 3.89. The number of fused-ring (bicyclic) bond motifs is 2. The number of nitrogens with zero attached hydrogens (tertiary/aromatic N) is 3. The van der Waals surface area contributed by atoms with Crippen molar-refractivity contribution in [3.8, 4) is 0 Å². The zero-order valence-electron chi connectivity index (χ0n) is 16.4. The molecule has 0 amide bonds. The average molecular weight is 396 g/mol. The Morgan fingerprint density at radius 3 is 2.55 bits per heavy atom. The zero-order valence-corrected chi connectivity index (χ0v) is 16.4. The highest BCUT2D eigenvalue weighted by Crippen LogP contribution is 2.32. The van der Waals surface area contributed by atoms with E-state index in [-0.39, 0.29) is 24.5 Å². The van der Waals surface area contributed by atoms with Crippen LogP contribution in [0, 0.1) is 0 Å². The fraction of sp³-hybridized carbons (Fsp3) is 0.500. The molecule has 0 saturated carbocycles. The minimum atomic E-state index is -0.536. The maximum atomic E-state index is 11.2. The van der Waals surface area contributed by atoms with Crippen LogP contribution in [-0.4, -0.2) is 78.4 Å². The second-order valence-electron chi connectivity index (χ2n) is 7.98. The number of rotatable bonds is 5. The molecule has 5 rings (SSSR count). The van der Waals surface area contributed by atoms with E-state index >= 15 is 0 Å². The van der Waals surface area contributed by atoms with Crippen molar-refractivity contribution in [1.82, 2.24) is 15.2 Å². The van der Waals surface area contributed by atoms with E-state index < -0.39 is 6.10 Å². The fourth-order valence-electron chi connectivity index (χ4n) is 4.70. The van der Waals surface area contributed by atoms with Crippen molar-refractivity contribution in [3.63, 3.8) is 0 Å². The molecule has 1 aromatic heterocycles. The number of piperazine rings is 1. The van der Waals surface area contributed by atoms with Gasteiger partial charge in [0.25, 0.3) is 0 Å². The van der Waals surface area contributed by atoms with E-state index in [1.807, 2.05) is 18.2 Å². The SMILES string of the molecule is O[C@H]1[C@H](NCc2ccncc2)[C@@H]2CO[C@H](O2)[C@H]1N1CCN(c2ccccc2)CC1. The van der Waals surface area contributed by atoms with Crippen molar-refractivity contribution in [2.45, 2.75) is 37.1 Å². The molecule has 2 bridgehead atoms. The Kier molecular flexibility index (Phi) is 5.48. The lowest BCUT2D eigenvalue weighted by atomic mass is 9.94. The molecular weight excluding hydrogens is 368 g/mol. The number of aliphatic hydroxyl groups excluding tert-OH is 1. The van der Waals surface area contributed by atoms with Crippen LogP contribution in [0.3, 0.4) is 0 Å². The van der Waals surface area contributed by atoms with Gasteiger partial charge in [0, 0.05) is 50.8 Å². The topological polar surface area (TPSA) is 70.1 Å². The van der Waals surface area contributed by atoms with Crippen LogP contribution in [0.2, 0.25) is 0 Å². The Bertz CT molecular complexity index is 785. The number of hydrogen-bond donors (Lipinski definition) is 2. The van der Waals surface area contributed by atoms with Crippen LogP contribution in [0.4, 0.5) is 5.69 Å². The largest absolute Gasteiger partial charge is 0.390 e. The monoisotopic (exact) mass is 396 g/mol. The maximum Gasteiger partial charge on any atom is 0.176 e. The lowest BCUT2D eigenvalue weighted by molar-refractivity contribution is -0.183. The summed E-state index contributed by atoms with van der Waals surface area (Å²) in [4.78, 5) is 8.79. The number of pyridine rings is 1. The van der Waals surface area contributed by atoms with Gasteiger partial charge in [-0.3, -0.25) is 9.88 Å². The van der Waals surface area contributed by atoms with Gasteiger partial charge in [-0.25, -0.2) is 0 Å². The quantitative estimate of drug-likeness (QED) is 0.776. The van der Waals surface area contributed by atoms with Gasteiger partial charge in [-0.1, -0.05) is 18.2 Å². The first kappa shape index (κ1) is 19.0. The van der Waals surface area contributed by atoms with Gasteiger partial charge in [0.2, 0.25) is 0 Å². The molecule has 5 atom stereocenters. The molecular formula is C22H28N4O3. The molecule has 0 unspecified atom stereocenters. The van der Waals surface area contributed by atoms with E-state index in [1.165, 1.54) is 5.69 Å². The van der Waals surface area contributed by atoms with Crippen LogP contribution in [0.1, 0.15) is 5.56 Å². The third-order valence-corrected chi connectivity index (χ3v) is 6.28. The summed E-state index contributed by atoms with van der Waals surface area (Å²) in [6.07, 6.45) is 2.57. The van der Waals surface area contributed by atoms with E-state index in [0.29, 0.717) is 13.2 Å². The normalized spacial score (nSPS) is 32.4. The third-order valence-electron chi connectivity index (χ3n) is 6.28. The van der Waals surface area contributed by atoms with Gasteiger partial charge >= 0.3 is 0 Å². The van der Waals surface area contributed by atoms with Crippen molar-refractivity contribution in [2.75, 3.05) is 37.7 Å². The Morgan fingerprint density at radius 2 is 1.79 bits per heavy atom. The number of nitrogens with one attached hydrogen (secondary N) is 1. The molecule has 3 fully saturated rings. The van der Waals surface area contributed by atoms with E-state index in [9.17, 15) is 5.11 Å². The molecule has 154 valence electrons. The average Bonchev–Trinajstić information content (AvgIpc) is 3.20. The first-order chi connectivity index (χ1) is 14.3. The van der Waals surface area contributed by atoms with Gasteiger partial charge in [0.05, 0.1) is 24.8 Å². The van der Waals surface area contributed by atoms with Crippen LogP contribution >= 0.6 is 0 Å². The molecule has 1 aromatic carbocycles. The predicted molar refractivity (Wildman–Crippen MR) is 110 cm³/mol. The van der Waals surface area contributed by atoms with Crippen molar-refractivity contribution in [2.24, 2.45) is 0 Å². The molecule has 7 heteroatoms. The van der Waals surface area contributed by atoms with Crippen LogP contribution in [0.5, 0.6) is 0 Å². The summed E-state index contributed by atoms with van der Waals surface area (Å²) in [5, 5.41) is 14.7. The van der Waals surface area contributed by atoms with E-state index in [1.54, 1.807) is 12.4 Å². The molecule has 0 aliphatic carbocycles. The van der Waals surface area contributed by atoms with Gasteiger partial charge in [-0.2, -0.15) is 0 Å². The molecule has 7 nitrogen and oxygen atoms in total. The summed E-state index contributed by atoms with van der Waals surface area (Å²) in [6.45, 7) is 4.81. The number of anilines is 1. The van der Waals surface area contributed by atoms with Gasteiger partial charge in [0.15, 0.2) is 6.29 Å². The summed E-state index contributed by atoms with van der Waals surface area (Å²) < 4.78 is 12.1. The second-order valence-corrected chi connectivity index (χ2v) is 7.98. The van der Waals surface area contributed by atoms with Crippen LogP contribution < -0.4 is 10.2 Å². The summed E-state index contributed by atoms with van der Waals surface area (Å²) in [6, 6.07) is 14.2. The van der Waals surface area contributed by atoms with Crippen molar-refractivity contribution in [3.05, 3.63) is 60.4 Å². The van der Waals surface area contributed by atoms with Crippen LogP contribution in [0.25, 0.3) is 0 Å². The van der Waals surface area contributed by atoms with Gasteiger partial charge in [0.1, 0.15) is 6.10 Å². The number of aliphatic hydroxyl groups is 1. The highest BCUT2D eigenvalue weighted by atomic mass is 16.7. The van der Waals surface area contributed by atoms with Crippen molar-refractivity contribution >= 4 is 5.69 Å². The predicted octanol–water partition coefficient (Wildman–Crippen LogP) is 0.847. The number of hydrogen-bond acceptors (Lipinski definition) is 7. The Balaban J connectivity index is 1.24. The van der Waals surface area contributed by atoms with Gasteiger partial charge < -0.3 is 24.8 Å². The van der Waals surface area contributed by atoms with Gasteiger partial charge in [-0.15, -0.1) is 0 Å². The summed E-state index contributed by atoms with van der Waals surface area (Å²) >= 11 is 0. The Hall–Kier alpha value is -2.03. The summed E-state index contributed by atoms with van der Waals surface area (Å²) in [5.41, 5.74) is 2.39. The lowest BCUT2D eigenvalue weighted by Crippen LogP contribution is -2.66. The zero-order chi connectivity index (χ0) is 19.6. The molecule has 3 aliphatic heterocycles. The van der Waals surface area contributed by atoms with Crippen LogP contribution in [0.15, 0.2) is 54.9 Å². The summed E-state index contributed by atoms with van der Waals surface area (Å²) in [5.74, 6) is 0. The molecule has 0 spiro atoms. The lowest BCUT2D eigenvalue weighted by Gasteiger charge is -2.47. The maximum absolute atomic E-state index is 11.2. The smallest absolute Gasteiger partial charge is 0.176 e. The number of aromatic nitrogens is 1. The Labute approximate surface area is 171 Å². The van der Waals surface area contributed by atoms with Crippen molar-refractivity contribution in [1.29, 1.82) is 0 Å². The molecule has 2 aromatic rings. The molecule has 3 aliphatic rings. The Morgan fingerprint density at radius 1 is 1.03 bits per heavy atom. The van der Waals surface area contributed by atoms with E-state index in [4.69, 9.17) is 9.47 Å². The fourth-order valence-corrected chi connectivity index (χ4v) is 4.70.